The Kier molecular flexibility index (Phi) is 4.30. The number of pyridine rings is 1. The maximum absolute atomic E-state index is 12.8. The van der Waals surface area contributed by atoms with Crippen LogP contribution < -0.4 is 10.1 Å². The molecule has 3 aromatic rings. The number of amides is 1. The second-order valence-electron chi connectivity index (χ2n) is 5.05. The largest absolute Gasteiger partial charge is 0.479 e. The maximum atomic E-state index is 12.8. The van der Waals surface area contributed by atoms with Crippen molar-refractivity contribution < 1.29 is 22.7 Å². The molecule has 0 spiro atoms. The number of fused-ring (bicyclic) bond motifs is 1. The molecule has 0 aliphatic rings. The van der Waals surface area contributed by atoms with E-state index in [-0.39, 0.29) is 11.5 Å². The second kappa shape index (κ2) is 6.42. The summed E-state index contributed by atoms with van der Waals surface area (Å²) < 4.78 is 45.3. The molecule has 25 heavy (non-hydrogen) atoms. The van der Waals surface area contributed by atoms with Gasteiger partial charge in [0, 0.05) is 5.56 Å². The van der Waals surface area contributed by atoms with E-state index in [0.717, 1.165) is 12.1 Å². The lowest BCUT2D eigenvalue weighted by molar-refractivity contribution is -0.137. The number of halogens is 3. The van der Waals surface area contributed by atoms with Gasteiger partial charge >= 0.3 is 6.18 Å². The van der Waals surface area contributed by atoms with Crippen LogP contribution in [0.4, 0.5) is 19.1 Å². The van der Waals surface area contributed by atoms with Gasteiger partial charge in [-0.2, -0.15) is 13.2 Å². The molecule has 2 aromatic heterocycles. The Morgan fingerprint density at radius 3 is 2.68 bits per heavy atom. The number of carbonyl (C=O) groups is 1. The van der Waals surface area contributed by atoms with Gasteiger partial charge in [-0.05, 0) is 37.3 Å². The monoisotopic (exact) mass is 350 g/mol. The first kappa shape index (κ1) is 16.7. The fraction of sp³-hybridized carbons (Fsp3) is 0.188. The summed E-state index contributed by atoms with van der Waals surface area (Å²) >= 11 is 0. The number of nitrogens with zero attached hydrogens (tertiary/aromatic N) is 3. The van der Waals surface area contributed by atoms with Crippen LogP contribution in [0.1, 0.15) is 22.8 Å². The summed E-state index contributed by atoms with van der Waals surface area (Å²) in [5.41, 5.74) is -0.605. The van der Waals surface area contributed by atoms with Crippen molar-refractivity contribution in [2.45, 2.75) is 13.1 Å². The van der Waals surface area contributed by atoms with Crippen LogP contribution in [0.25, 0.3) is 5.65 Å². The number of benzene rings is 1. The summed E-state index contributed by atoms with van der Waals surface area (Å²) in [6, 6.07) is 9.18. The molecule has 0 saturated carbocycles. The average molecular weight is 350 g/mol. The first-order valence-electron chi connectivity index (χ1n) is 7.35. The number of hydrogen-bond acceptors (Lipinski definition) is 4. The van der Waals surface area contributed by atoms with Gasteiger partial charge in [0.2, 0.25) is 11.8 Å². The van der Waals surface area contributed by atoms with Crippen molar-refractivity contribution in [3.05, 3.63) is 53.6 Å². The summed E-state index contributed by atoms with van der Waals surface area (Å²) in [5.74, 6) is -0.266. The van der Waals surface area contributed by atoms with Gasteiger partial charge in [0.15, 0.2) is 5.65 Å². The van der Waals surface area contributed by atoms with Crippen molar-refractivity contribution >= 4 is 17.5 Å². The lowest BCUT2D eigenvalue weighted by atomic mass is 10.1. The maximum Gasteiger partial charge on any atom is 0.416 e. The molecular formula is C16H13F3N4O2. The molecule has 0 atom stereocenters. The highest BCUT2D eigenvalue weighted by atomic mass is 19.4. The molecule has 3 rings (SSSR count). The molecule has 0 aliphatic carbocycles. The number of carbonyl (C=O) groups excluding carboxylic acids is 1. The molecule has 1 amide bonds. The fourth-order valence-corrected chi connectivity index (χ4v) is 2.26. The Bertz CT molecular complexity index is 921. The highest BCUT2D eigenvalue weighted by Gasteiger charge is 2.31. The molecule has 0 saturated heterocycles. The minimum absolute atomic E-state index is 0.0569. The van der Waals surface area contributed by atoms with E-state index < -0.39 is 17.6 Å². The predicted octanol–water partition coefficient (Wildman–Crippen LogP) is 3.40. The SMILES string of the molecule is CCOc1cccc2nnc(NC(=O)c3cccc(C(F)(F)F)c3)n12. The van der Waals surface area contributed by atoms with E-state index >= 15 is 0 Å². The number of ether oxygens (including phenoxy) is 1. The molecule has 1 N–H and O–H groups in total. The minimum Gasteiger partial charge on any atom is -0.479 e. The Labute approximate surface area is 140 Å². The Morgan fingerprint density at radius 1 is 1.20 bits per heavy atom. The van der Waals surface area contributed by atoms with E-state index in [0.29, 0.717) is 18.1 Å². The normalized spacial score (nSPS) is 11.5. The quantitative estimate of drug-likeness (QED) is 0.783. The smallest absolute Gasteiger partial charge is 0.416 e. The molecule has 0 fully saturated rings. The van der Waals surface area contributed by atoms with Gasteiger partial charge in [-0.25, -0.2) is 4.40 Å². The van der Waals surface area contributed by atoms with Gasteiger partial charge in [-0.1, -0.05) is 12.1 Å². The number of rotatable bonds is 4. The van der Waals surface area contributed by atoms with Gasteiger partial charge in [0.05, 0.1) is 12.2 Å². The average Bonchev–Trinajstić information content (AvgIpc) is 2.98. The molecule has 130 valence electrons. The van der Waals surface area contributed by atoms with Crippen LogP contribution in [0.5, 0.6) is 5.88 Å². The van der Waals surface area contributed by atoms with Gasteiger partial charge in [0.1, 0.15) is 0 Å². The highest BCUT2D eigenvalue weighted by molar-refractivity contribution is 6.03. The predicted molar refractivity (Wildman–Crippen MR) is 83.6 cm³/mol. The van der Waals surface area contributed by atoms with Gasteiger partial charge in [-0.15, -0.1) is 10.2 Å². The second-order valence-corrected chi connectivity index (χ2v) is 5.05. The van der Waals surface area contributed by atoms with E-state index in [1.165, 1.54) is 16.5 Å². The van der Waals surface area contributed by atoms with E-state index in [1.54, 1.807) is 25.1 Å². The van der Waals surface area contributed by atoms with Crippen molar-refractivity contribution in [3.8, 4) is 5.88 Å². The first-order valence-corrected chi connectivity index (χ1v) is 7.35. The van der Waals surface area contributed by atoms with Crippen LogP contribution in [0.15, 0.2) is 42.5 Å². The van der Waals surface area contributed by atoms with Crippen LogP contribution in [0.2, 0.25) is 0 Å². The van der Waals surface area contributed by atoms with Gasteiger partial charge in [-0.3, -0.25) is 10.1 Å². The zero-order chi connectivity index (χ0) is 18.0. The minimum atomic E-state index is -4.53. The van der Waals surface area contributed by atoms with E-state index in [1.807, 2.05) is 0 Å². The molecule has 0 aliphatic heterocycles. The summed E-state index contributed by atoms with van der Waals surface area (Å²) in [5, 5.41) is 10.2. The molecule has 2 heterocycles. The summed E-state index contributed by atoms with van der Waals surface area (Å²) in [4.78, 5) is 12.3. The Hall–Kier alpha value is -3.10. The van der Waals surface area contributed by atoms with Crippen LogP contribution in [0, 0.1) is 0 Å². The third-order valence-electron chi connectivity index (χ3n) is 3.36. The Morgan fingerprint density at radius 2 is 1.96 bits per heavy atom. The van der Waals surface area contributed by atoms with E-state index in [2.05, 4.69) is 15.5 Å². The number of hydrogen-bond donors (Lipinski definition) is 1. The van der Waals surface area contributed by atoms with Crippen molar-refractivity contribution in [1.29, 1.82) is 0 Å². The third kappa shape index (κ3) is 3.39. The van der Waals surface area contributed by atoms with Crippen molar-refractivity contribution in [2.24, 2.45) is 0 Å². The van der Waals surface area contributed by atoms with E-state index in [4.69, 9.17) is 4.74 Å². The Balaban J connectivity index is 1.93. The molecule has 9 heteroatoms. The number of alkyl halides is 3. The zero-order valence-electron chi connectivity index (χ0n) is 13.0. The lowest BCUT2D eigenvalue weighted by Crippen LogP contribution is -2.16. The first-order chi connectivity index (χ1) is 11.9. The molecule has 1 aromatic carbocycles. The van der Waals surface area contributed by atoms with Crippen molar-refractivity contribution in [2.75, 3.05) is 11.9 Å². The molecule has 0 bridgehead atoms. The standard InChI is InChI=1S/C16H13F3N4O2/c1-2-25-13-8-4-7-12-21-22-15(23(12)13)20-14(24)10-5-3-6-11(9-10)16(17,18)19/h3-9H,2H2,1H3,(H,20,22,24). The van der Waals surface area contributed by atoms with Crippen LogP contribution in [-0.4, -0.2) is 27.1 Å². The molecule has 6 nitrogen and oxygen atoms in total. The van der Waals surface area contributed by atoms with E-state index in [9.17, 15) is 18.0 Å². The highest BCUT2D eigenvalue weighted by Crippen LogP contribution is 2.29. The number of aromatic nitrogens is 3. The third-order valence-corrected chi connectivity index (χ3v) is 3.36. The summed E-state index contributed by atoms with van der Waals surface area (Å²) in [7, 11) is 0. The fourth-order valence-electron chi connectivity index (χ4n) is 2.26. The lowest BCUT2D eigenvalue weighted by Gasteiger charge is -2.10. The van der Waals surface area contributed by atoms with Crippen molar-refractivity contribution in [1.82, 2.24) is 14.6 Å². The molecule has 0 radical (unpaired) electrons. The number of anilines is 1. The van der Waals surface area contributed by atoms with Gasteiger partial charge < -0.3 is 4.74 Å². The summed E-state index contributed by atoms with van der Waals surface area (Å²) in [6.07, 6.45) is -4.53. The molecular weight excluding hydrogens is 337 g/mol. The topological polar surface area (TPSA) is 68.5 Å². The van der Waals surface area contributed by atoms with Crippen LogP contribution >= 0.6 is 0 Å². The summed E-state index contributed by atoms with van der Waals surface area (Å²) in [6.45, 7) is 2.18. The van der Waals surface area contributed by atoms with Crippen LogP contribution in [-0.2, 0) is 6.18 Å². The number of nitrogens with one attached hydrogen (secondary N) is 1. The zero-order valence-corrected chi connectivity index (χ0v) is 13.0. The van der Waals surface area contributed by atoms with Crippen LogP contribution in [0.3, 0.4) is 0 Å². The van der Waals surface area contributed by atoms with Gasteiger partial charge in [0.25, 0.3) is 5.91 Å². The van der Waals surface area contributed by atoms with Crippen molar-refractivity contribution in [3.63, 3.8) is 0 Å². The molecule has 0 unspecified atom stereocenters.